The second-order valence-electron chi connectivity index (χ2n) is 4.83. The van der Waals surface area contributed by atoms with E-state index in [0.717, 1.165) is 15.6 Å². The summed E-state index contributed by atoms with van der Waals surface area (Å²) < 4.78 is 1.01. The number of hydrogen-bond acceptors (Lipinski definition) is 2. The van der Waals surface area contributed by atoms with Crippen LogP contribution >= 0.6 is 15.9 Å². The lowest BCUT2D eigenvalue weighted by Crippen LogP contribution is -2.20. The van der Waals surface area contributed by atoms with Crippen LogP contribution in [0.3, 0.4) is 0 Å². The second-order valence-corrected chi connectivity index (χ2v) is 5.74. The molecule has 0 bridgehead atoms. The predicted octanol–water partition coefficient (Wildman–Crippen LogP) is 3.48. The third kappa shape index (κ3) is 2.06. The number of carbonyl (C=O) groups excluding carboxylic acids is 2. The van der Waals surface area contributed by atoms with E-state index in [9.17, 15) is 9.59 Å². The standard InChI is InChI=1S/C16H12BrNO2/c1-9(10-5-7-11(17)8-6-10)12-3-2-4-13-14(12)16(20)18-15(13)19/h2-9H,1H3,(H,18,19,20). The molecule has 2 amide bonds. The highest BCUT2D eigenvalue weighted by molar-refractivity contribution is 9.10. The summed E-state index contributed by atoms with van der Waals surface area (Å²) in [7, 11) is 0. The van der Waals surface area contributed by atoms with Gasteiger partial charge in [0.15, 0.2) is 0 Å². The molecule has 3 nitrogen and oxygen atoms in total. The Labute approximate surface area is 125 Å². The third-order valence-corrected chi connectivity index (χ3v) is 4.16. The highest BCUT2D eigenvalue weighted by Gasteiger charge is 2.30. The molecule has 1 heterocycles. The van der Waals surface area contributed by atoms with Gasteiger partial charge in [0.05, 0.1) is 11.1 Å². The van der Waals surface area contributed by atoms with E-state index in [1.54, 1.807) is 6.07 Å². The van der Waals surface area contributed by atoms with Crippen LogP contribution in [-0.4, -0.2) is 11.8 Å². The molecule has 4 heteroatoms. The number of imide groups is 1. The van der Waals surface area contributed by atoms with Crippen LogP contribution in [0.4, 0.5) is 0 Å². The average molecular weight is 330 g/mol. The molecule has 0 saturated carbocycles. The Bertz CT molecular complexity index is 707. The van der Waals surface area contributed by atoms with E-state index in [1.165, 1.54) is 0 Å². The number of carbonyl (C=O) groups is 2. The Morgan fingerprint density at radius 1 is 1.00 bits per heavy atom. The van der Waals surface area contributed by atoms with Crippen molar-refractivity contribution in [1.29, 1.82) is 0 Å². The van der Waals surface area contributed by atoms with Crippen LogP contribution < -0.4 is 5.32 Å². The molecule has 0 spiro atoms. The number of fused-ring (bicyclic) bond motifs is 1. The van der Waals surface area contributed by atoms with Gasteiger partial charge in [-0.15, -0.1) is 0 Å². The fourth-order valence-corrected chi connectivity index (χ4v) is 2.80. The number of amides is 2. The van der Waals surface area contributed by atoms with Crippen LogP contribution in [0.5, 0.6) is 0 Å². The first kappa shape index (κ1) is 13.1. The lowest BCUT2D eigenvalue weighted by atomic mass is 9.88. The molecule has 1 atom stereocenters. The van der Waals surface area contributed by atoms with Gasteiger partial charge >= 0.3 is 0 Å². The van der Waals surface area contributed by atoms with E-state index in [1.807, 2.05) is 43.3 Å². The summed E-state index contributed by atoms with van der Waals surface area (Å²) in [5.74, 6) is -0.561. The Kier molecular flexibility index (Phi) is 3.18. The summed E-state index contributed by atoms with van der Waals surface area (Å²) in [6.45, 7) is 2.04. The molecular weight excluding hydrogens is 318 g/mol. The number of nitrogens with one attached hydrogen (secondary N) is 1. The normalized spacial score (nSPS) is 14.9. The van der Waals surface area contributed by atoms with E-state index in [2.05, 4.69) is 21.2 Å². The van der Waals surface area contributed by atoms with Crippen molar-refractivity contribution in [1.82, 2.24) is 5.32 Å². The van der Waals surface area contributed by atoms with Gasteiger partial charge in [0.25, 0.3) is 11.8 Å². The van der Waals surface area contributed by atoms with E-state index < -0.39 is 0 Å². The summed E-state index contributed by atoms with van der Waals surface area (Å²) >= 11 is 3.41. The molecule has 1 aliphatic heterocycles. The minimum atomic E-state index is -0.310. The third-order valence-electron chi connectivity index (χ3n) is 3.63. The van der Waals surface area contributed by atoms with Crippen molar-refractivity contribution >= 4 is 27.7 Å². The Morgan fingerprint density at radius 2 is 1.70 bits per heavy atom. The molecule has 0 aliphatic carbocycles. The van der Waals surface area contributed by atoms with Crippen molar-refractivity contribution in [2.45, 2.75) is 12.8 Å². The molecular formula is C16H12BrNO2. The topological polar surface area (TPSA) is 46.2 Å². The average Bonchev–Trinajstić information content (AvgIpc) is 2.74. The number of benzene rings is 2. The molecule has 3 rings (SSSR count). The van der Waals surface area contributed by atoms with Gasteiger partial charge in [0, 0.05) is 10.4 Å². The van der Waals surface area contributed by atoms with E-state index in [0.29, 0.717) is 11.1 Å². The summed E-state index contributed by atoms with van der Waals surface area (Å²) in [4.78, 5) is 23.6. The molecule has 1 aliphatic rings. The monoisotopic (exact) mass is 329 g/mol. The second kappa shape index (κ2) is 4.87. The molecule has 0 aromatic heterocycles. The molecule has 2 aromatic carbocycles. The van der Waals surface area contributed by atoms with Crippen molar-refractivity contribution < 1.29 is 9.59 Å². The summed E-state index contributed by atoms with van der Waals surface area (Å²) in [5.41, 5.74) is 2.96. The van der Waals surface area contributed by atoms with Gasteiger partial charge in [0.1, 0.15) is 0 Å². The Morgan fingerprint density at radius 3 is 2.40 bits per heavy atom. The van der Waals surface area contributed by atoms with Crippen LogP contribution in [0.15, 0.2) is 46.9 Å². The highest BCUT2D eigenvalue weighted by atomic mass is 79.9. The Hall–Kier alpha value is -1.94. The zero-order valence-corrected chi connectivity index (χ0v) is 12.4. The van der Waals surface area contributed by atoms with E-state index >= 15 is 0 Å². The number of halogens is 1. The van der Waals surface area contributed by atoms with Crippen LogP contribution in [0, 0.1) is 0 Å². The molecule has 0 saturated heterocycles. The van der Waals surface area contributed by atoms with Gasteiger partial charge in [-0.1, -0.05) is 47.1 Å². The molecule has 1 N–H and O–H groups in total. The van der Waals surface area contributed by atoms with E-state index in [4.69, 9.17) is 0 Å². The first-order chi connectivity index (χ1) is 9.58. The summed E-state index contributed by atoms with van der Waals surface area (Å²) in [6.07, 6.45) is 0. The fraction of sp³-hybridized carbons (Fsp3) is 0.125. The van der Waals surface area contributed by atoms with Gasteiger partial charge in [-0.05, 0) is 29.3 Å². The maximum Gasteiger partial charge on any atom is 0.259 e. The van der Waals surface area contributed by atoms with Gasteiger partial charge < -0.3 is 0 Å². The smallest absolute Gasteiger partial charge is 0.259 e. The van der Waals surface area contributed by atoms with Gasteiger partial charge in [-0.3, -0.25) is 14.9 Å². The lowest BCUT2D eigenvalue weighted by Gasteiger charge is -2.15. The van der Waals surface area contributed by atoms with Crippen molar-refractivity contribution in [3.05, 3.63) is 69.2 Å². The molecule has 1 unspecified atom stereocenters. The zero-order valence-electron chi connectivity index (χ0n) is 10.8. The largest absolute Gasteiger partial charge is 0.288 e. The summed E-state index contributed by atoms with van der Waals surface area (Å²) in [6, 6.07) is 13.4. The van der Waals surface area contributed by atoms with Crippen LogP contribution in [0.2, 0.25) is 0 Å². The van der Waals surface area contributed by atoms with Crippen LogP contribution in [0.25, 0.3) is 0 Å². The van der Waals surface area contributed by atoms with Crippen molar-refractivity contribution in [3.8, 4) is 0 Å². The summed E-state index contributed by atoms with van der Waals surface area (Å²) in [5, 5.41) is 2.35. The quantitative estimate of drug-likeness (QED) is 0.857. The van der Waals surface area contributed by atoms with E-state index in [-0.39, 0.29) is 17.7 Å². The SMILES string of the molecule is CC(c1ccc(Br)cc1)c1cccc2c1C(=O)NC2=O. The van der Waals surface area contributed by atoms with Crippen molar-refractivity contribution in [3.63, 3.8) is 0 Å². The molecule has 20 heavy (non-hydrogen) atoms. The zero-order chi connectivity index (χ0) is 14.3. The highest BCUT2D eigenvalue weighted by Crippen LogP contribution is 2.31. The predicted molar refractivity (Wildman–Crippen MR) is 79.9 cm³/mol. The van der Waals surface area contributed by atoms with Crippen molar-refractivity contribution in [2.75, 3.05) is 0 Å². The first-order valence-corrected chi connectivity index (χ1v) is 7.11. The molecule has 0 radical (unpaired) electrons. The minimum Gasteiger partial charge on any atom is -0.288 e. The van der Waals surface area contributed by atoms with Crippen LogP contribution in [0.1, 0.15) is 44.7 Å². The van der Waals surface area contributed by atoms with Crippen LogP contribution in [-0.2, 0) is 0 Å². The molecule has 2 aromatic rings. The lowest BCUT2D eigenvalue weighted by molar-refractivity contribution is 0.0879. The van der Waals surface area contributed by atoms with Gasteiger partial charge in [-0.25, -0.2) is 0 Å². The maximum atomic E-state index is 11.9. The Balaban J connectivity index is 2.09. The minimum absolute atomic E-state index is 0.0506. The van der Waals surface area contributed by atoms with Gasteiger partial charge in [0.2, 0.25) is 0 Å². The molecule has 0 fully saturated rings. The number of rotatable bonds is 2. The fourth-order valence-electron chi connectivity index (χ4n) is 2.54. The first-order valence-electron chi connectivity index (χ1n) is 6.32. The van der Waals surface area contributed by atoms with Crippen molar-refractivity contribution in [2.24, 2.45) is 0 Å². The molecule has 100 valence electrons. The maximum absolute atomic E-state index is 11.9. The van der Waals surface area contributed by atoms with Gasteiger partial charge in [-0.2, -0.15) is 0 Å². The number of hydrogen-bond donors (Lipinski definition) is 1.